The molecule has 0 fully saturated rings. The molecule has 0 heterocycles. The molecule has 0 amide bonds. The maximum absolute atomic E-state index is 10.0. The first-order chi connectivity index (χ1) is 8.62. The predicted molar refractivity (Wildman–Crippen MR) is 75.6 cm³/mol. The molecule has 0 radical (unpaired) electrons. The Morgan fingerprint density at radius 2 is 1.00 bits per heavy atom. The Kier molecular flexibility index (Phi) is 11.9. The first-order valence-corrected chi connectivity index (χ1v) is 7.56. The zero-order chi connectivity index (χ0) is 13.7. The van der Waals surface area contributed by atoms with Crippen LogP contribution < -0.4 is 0 Å². The fourth-order valence-corrected chi connectivity index (χ4v) is 2.26. The zero-order valence-electron chi connectivity index (χ0n) is 12.0. The molecule has 0 saturated heterocycles. The number of aliphatic hydroxyl groups excluding tert-OH is 2. The highest BCUT2D eigenvalue weighted by molar-refractivity contribution is 4.71. The first-order valence-electron chi connectivity index (χ1n) is 7.56. The van der Waals surface area contributed by atoms with Crippen molar-refractivity contribution in [1.29, 1.82) is 0 Å². The summed E-state index contributed by atoms with van der Waals surface area (Å²) in [6, 6.07) is 0. The van der Waals surface area contributed by atoms with Crippen LogP contribution in [0.2, 0.25) is 0 Å². The van der Waals surface area contributed by atoms with Crippen LogP contribution in [0.25, 0.3) is 0 Å². The Hall–Kier alpha value is -0.120. The van der Waals surface area contributed by atoms with Gasteiger partial charge >= 0.3 is 0 Å². The van der Waals surface area contributed by atoms with Crippen molar-refractivity contribution in [2.24, 2.45) is 0 Å². The van der Waals surface area contributed by atoms with Crippen LogP contribution in [0, 0.1) is 0 Å². The van der Waals surface area contributed by atoms with Crippen LogP contribution >= 0.6 is 0 Å². The third-order valence-electron chi connectivity index (χ3n) is 3.50. The summed E-state index contributed by atoms with van der Waals surface area (Å²) in [4.78, 5) is 0. The number of unbranched alkanes of at least 4 members (excludes halogenated alkanes) is 7. The van der Waals surface area contributed by atoms with Crippen molar-refractivity contribution in [3.63, 3.8) is 0 Å². The molecule has 0 aliphatic carbocycles. The van der Waals surface area contributed by atoms with E-state index in [9.17, 15) is 5.11 Å². The summed E-state index contributed by atoms with van der Waals surface area (Å²) in [6.45, 7) is 2.37. The topological polar surface area (TPSA) is 60.7 Å². The summed E-state index contributed by atoms with van der Waals surface area (Å²) in [5.41, 5.74) is -0.593. The van der Waals surface area contributed by atoms with Gasteiger partial charge < -0.3 is 15.3 Å². The Labute approximate surface area is 112 Å². The van der Waals surface area contributed by atoms with Crippen molar-refractivity contribution in [2.45, 2.75) is 83.2 Å². The molecule has 0 aliphatic heterocycles. The Morgan fingerprint density at radius 3 is 1.50 bits per heavy atom. The van der Waals surface area contributed by atoms with Crippen LogP contribution in [0.15, 0.2) is 0 Å². The van der Waals surface area contributed by atoms with E-state index < -0.39 is 5.60 Å². The molecule has 110 valence electrons. The molecule has 1 atom stereocenters. The first kappa shape index (κ1) is 17.9. The smallest absolute Gasteiger partial charge is 0.0620 e. The molecule has 1 unspecified atom stereocenters. The van der Waals surface area contributed by atoms with E-state index in [1.165, 1.54) is 32.1 Å². The van der Waals surface area contributed by atoms with E-state index in [1.807, 2.05) is 6.92 Å². The third kappa shape index (κ3) is 12.3. The normalized spacial score (nSPS) is 14.7. The van der Waals surface area contributed by atoms with Gasteiger partial charge in [0.1, 0.15) is 0 Å². The molecule has 0 aromatic heterocycles. The van der Waals surface area contributed by atoms with E-state index in [0.717, 1.165) is 25.7 Å². The van der Waals surface area contributed by atoms with E-state index in [-0.39, 0.29) is 6.61 Å². The van der Waals surface area contributed by atoms with Gasteiger partial charge in [-0.3, -0.25) is 0 Å². The maximum Gasteiger partial charge on any atom is 0.0620 e. The van der Waals surface area contributed by atoms with E-state index >= 15 is 0 Å². The molecule has 0 aromatic carbocycles. The molecular weight excluding hydrogens is 228 g/mol. The minimum absolute atomic E-state index is 0.171. The lowest BCUT2D eigenvalue weighted by atomic mass is 9.93. The summed E-state index contributed by atoms with van der Waals surface area (Å²) >= 11 is 0. The van der Waals surface area contributed by atoms with E-state index in [1.54, 1.807) is 0 Å². The van der Waals surface area contributed by atoms with Crippen LogP contribution in [-0.2, 0) is 0 Å². The average Bonchev–Trinajstić information content (AvgIpc) is 2.34. The van der Waals surface area contributed by atoms with Gasteiger partial charge in [0.2, 0.25) is 0 Å². The third-order valence-corrected chi connectivity index (χ3v) is 3.50. The lowest BCUT2D eigenvalue weighted by Crippen LogP contribution is -2.24. The fourth-order valence-electron chi connectivity index (χ4n) is 2.26. The highest BCUT2D eigenvalue weighted by atomic mass is 16.3. The SMILES string of the molecule is CC(O)(CCCO)CCCCCCCCCCO. The van der Waals surface area contributed by atoms with Crippen LogP contribution in [0.5, 0.6) is 0 Å². The Morgan fingerprint density at radius 1 is 0.611 bits per heavy atom. The van der Waals surface area contributed by atoms with Crippen molar-refractivity contribution >= 4 is 0 Å². The van der Waals surface area contributed by atoms with Gasteiger partial charge in [-0.05, 0) is 32.6 Å². The van der Waals surface area contributed by atoms with E-state index in [2.05, 4.69) is 0 Å². The van der Waals surface area contributed by atoms with E-state index in [4.69, 9.17) is 10.2 Å². The molecule has 0 bridgehead atoms. The van der Waals surface area contributed by atoms with E-state index in [0.29, 0.717) is 19.4 Å². The molecular formula is C15H32O3. The predicted octanol–water partition coefficient (Wildman–Crippen LogP) is 3.01. The second-order valence-electron chi connectivity index (χ2n) is 5.63. The van der Waals surface area contributed by atoms with Gasteiger partial charge in [0.15, 0.2) is 0 Å². The molecule has 0 aliphatic rings. The highest BCUT2D eigenvalue weighted by Gasteiger charge is 2.18. The lowest BCUT2D eigenvalue weighted by Gasteiger charge is -2.22. The van der Waals surface area contributed by atoms with Gasteiger partial charge in [0, 0.05) is 13.2 Å². The summed E-state index contributed by atoms with van der Waals surface area (Å²) in [7, 11) is 0. The number of aliphatic hydroxyl groups is 3. The summed E-state index contributed by atoms with van der Waals surface area (Å²) in [5.74, 6) is 0. The van der Waals surface area contributed by atoms with Crippen LogP contribution in [0.4, 0.5) is 0 Å². The summed E-state index contributed by atoms with van der Waals surface area (Å²) < 4.78 is 0. The number of rotatable bonds is 13. The number of hydrogen-bond donors (Lipinski definition) is 3. The van der Waals surface area contributed by atoms with Crippen molar-refractivity contribution in [3.05, 3.63) is 0 Å². The van der Waals surface area contributed by atoms with Gasteiger partial charge in [-0.15, -0.1) is 0 Å². The van der Waals surface area contributed by atoms with Crippen LogP contribution in [-0.4, -0.2) is 34.1 Å². The molecule has 0 rings (SSSR count). The van der Waals surface area contributed by atoms with Crippen molar-refractivity contribution in [2.75, 3.05) is 13.2 Å². The van der Waals surface area contributed by atoms with Crippen molar-refractivity contribution < 1.29 is 15.3 Å². The largest absolute Gasteiger partial charge is 0.396 e. The quantitative estimate of drug-likeness (QED) is 0.446. The standard InChI is InChI=1S/C15H32O3/c1-15(18,12-10-14-17)11-8-6-4-2-3-5-7-9-13-16/h16-18H,2-14H2,1H3. The van der Waals surface area contributed by atoms with Gasteiger partial charge in [0.25, 0.3) is 0 Å². The Balaban J connectivity index is 3.23. The lowest BCUT2D eigenvalue weighted by molar-refractivity contribution is 0.0326. The minimum Gasteiger partial charge on any atom is -0.396 e. The maximum atomic E-state index is 10.0. The van der Waals surface area contributed by atoms with Gasteiger partial charge in [-0.25, -0.2) is 0 Å². The zero-order valence-corrected chi connectivity index (χ0v) is 12.0. The summed E-state index contributed by atoms with van der Waals surface area (Å²) in [6.07, 6.45) is 11.6. The molecule has 0 saturated carbocycles. The number of hydrogen-bond acceptors (Lipinski definition) is 3. The van der Waals surface area contributed by atoms with Crippen LogP contribution in [0.1, 0.15) is 77.6 Å². The van der Waals surface area contributed by atoms with Gasteiger partial charge in [-0.2, -0.15) is 0 Å². The second-order valence-corrected chi connectivity index (χ2v) is 5.63. The molecule has 3 heteroatoms. The summed E-state index contributed by atoms with van der Waals surface area (Å²) in [5, 5.41) is 27.4. The monoisotopic (exact) mass is 260 g/mol. The van der Waals surface area contributed by atoms with Crippen molar-refractivity contribution in [1.82, 2.24) is 0 Å². The molecule has 0 spiro atoms. The van der Waals surface area contributed by atoms with Crippen LogP contribution in [0.3, 0.4) is 0 Å². The van der Waals surface area contributed by atoms with Gasteiger partial charge in [0.05, 0.1) is 5.60 Å². The fraction of sp³-hybridized carbons (Fsp3) is 1.00. The van der Waals surface area contributed by atoms with Crippen molar-refractivity contribution in [3.8, 4) is 0 Å². The van der Waals surface area contributed by atoms with Gasteiger partial charge in [-0.1, -0.05) is 44.9 Å². The Bertz CT molecular complexity index is 169. The molecule has 3 nitrogen and oxygen atoms in total. The average molecular weight is 260 g/mol. The molecule has 3 N–H and O–H groups in total. The highest BCUT2D eigenvalue weighted by Crippen LogP contribution is 2.20. The molecule has 18 heavy (non-hydrogen) atoms. The second kappa shape index (κ2) is 11.9. The minimum atomic E-state index is -0.593. The molecule has 0 aromatic rings.